The van der Waals surface area contributed by atoms with Crippen molar-refractivity contribution >= 4 is 29.1 Å². The lowest BCUT2D eigenvalue weighted by Gasteiger charge is -2.45. The first-order valence-electron chi connectivity index (χ1n) is 9.14. The molecule has 1 aromatic carbocycles. The van der Waals surface area contributed by atoms with E-state index >= 15 is 0 Å². The van der Waals surface area contributed by atoms with Gasteiger partial charge < -0.3 is 9.47 Å². The summed E-state index contributed by atoms with van der Waals surface area (Å²) in [7, 11) is 1.33. The summed E-state index contributed by atoms with van der Waals surface area (Å²) in [6.07, 6.45) is 0.335. The van der Waals surface area contributed by atoms with Crippen LogP contribution in [0.3, 0.4) is 0 Å². The molecule has 0 spiro atoms. The van der Waals surface area contributed by atoms with Gasteiger partial charge in [0.25, 0.3) is 0 Å². The summed E-state index contributed by atoms with van der Waals surface area (Å²) in [6.45, 7) is 11.1. The maximum absolute atomic E-state index is 12.9. The number of benzene rings is 1. The van der Waals surface area contributed by atoms with E-state index in [1.54, 1.807) is 11.8 Å². The number of hydrazone groups is 1. The number of para-hydroxylation sites is 2. The van der Waals surface area contributed by atoms with Gasteiger partial charge in [-0.25, -0.2) is 9.59 Å². The van der Waals surface area contributed by atoms with Gasteiger partial charge in [-0.15, -0.1) is 0 Å². The summed E-state index contributed by atoms with van der Waals surface area (Å²) < 4.78 is 10.4. The molecule has 27 heavy (non-hydrogen) atoms. The van der Waals surface area contributed by atoms with E-state index in [1.165, 1.54) is 7.11 Å². The molecule has 0 fully saturated rings. The number of nitrogens with zero attached hydrogens (tertiary/aromatic N) is 3. The second kappa shape index (κ2) is 7.98. The van der Waals surface area contributed by atoms with Gasteiger partial charge in [0.1, 0.15) is 11.3 Å². The van der Waals surface area contributed by atoms with Crippen molar-refractivity contribution in [2.75, 3.05) is 17.0 Å². The molecule has 0 aliphatic carbocycles. The van der Waals surface area contributed by atoms with E-state index in [9.17, 15) is 9.59 Å². The van der Waals surface area contributed by atoms with Crippen LogP contribution < -0.4 is 9.91 Å². The van der Waals surface area contributed by atoms with Crippen molar-refractivity contribution in [3.8, 4) is 0 Å². The van der Waals surface area contributed by atoms with E-state index in [4.69, 9.17) is 9.47 Å². The molecule has 1 aromatic rings. The van der Waals surface area contributed by atoms with Crippen molar-refractivity contribution in [1.82, 2.24) is 0 Å². The van der Waals surface area contributed by atoms with Crippen LogP contribution in [0, 0.1) is 0 Å². The molecule has 2 unspecified atom stereocenters. The number of rotatable bonds is 3. The molecule has 7 nitrogen and oxygen atoms in total. The molecular weight excluding hydrogens is 346 g/mol. The van der Waals surface area contributed by atoms with E-state index in [0.717, 1.165) is 12.1 Å². The van der Waals surface area contributed by atoms with Crippen LogP contribution in [-0.4, -0.2) is 42.6 Å². The summed E-state index contributed by atoms with van der Waals surface area (Å²) in [5.41, 5.74) is 1.11. The topological polar surface area (TPSA) is 71.4 Å². The minimum absolute atomic E-state index is 0.118. The number of methoxy groups -OCH3 is 1. The van der Waals surface area contributed by atoms with Gasteiger partial charge in [-0.05, 0) is 53.2 Å². The number of fused-ring (bicyclic) bond motifs is 1. The van der Waals surface area contributed by atoms with Crippen molar-refractivity contribution < 1.29 is 19.1 Å². The molecule has 1 heterocycles. The number of hydrogen-bond donors (Lipinski definition) is 0. The van der Waals surface area contributed by atoms with Crippen molar-refractivity contribution in [2.45, 2.75) is 65.6 Å². The van der Waals surface area contributed by atoms with Crippen LogP contribution in [0.15, 0.2) is 29.4 Å². The number of carbonyl (C=O) groups is 2. The highest BCUT2D eigenvalue weighted by Gasteiger charge is 2.40. The molecule has 0 bridgehead atoms. The Kier molecular flexibility index (Phi) is 6.13. The van der Waals surface area contributed by atoms with Gasteiger partial charge in [0.05, 0.1) is 30.6 Å². The Morgan fingerprint density at radius 3 is 2.30 bits per heavy atom. The second-order valence-electron chi connectivity index (χ2n) is 7.58. The van der Waals surface area contributed by atoms with Crippen LogP contribution in [0.5, 0.6) is 0 Å². The number of esters is 1. The third-order valence-electron chi connectivity index (χ3n) is 4.41. The molecular formula is C20H29N3O4. The fourth-order valence-electron chi connectivity index (χ4n) is 3.20. The number of carbonyl (C=O) groups excluding carboxylic acids is 2. The normalized spacial score (nSPS) is 20.2. The van der Waals surface area contributed by atoms with E-state index in [1.807, 2.05) is 63.9 Å². The first-order chi connectivity index (χ1) is 12.6. The zero-order chi connectivity index (χ0) is 20.4. The van der Waals surface area contributed by atoms with Gasteiger partial charge in [-0.3, -0.25) is 9.91 Å². The lowest BCUT2D eigenvalue weighted by molar-refractivity contribution is -0.132. The predicted octanol–water partition coefficient (Wildman–Crippen LogP) is 3.96. The van der Waals surface area contributed by atoms with Gasteiger partial charge in [0, 0.05) is 0 Å². The molecule has 7 heteroatoms. The van der Waals surface area contributed by atoms with Crippen molar-refractivity contribution in [2.24, 2.45) is 5.10 Å². The van der Waals surface area contributed by atoms with E-state index in [-0.39, 0.29) is 17.8 Å². The smallest absolute Gasteiger partial charge is 0.415 e. The highest BCUT2D eigenvalue weighted by molar-refractivity contribution is 6.35. The minimum Gasteiger partial charge on any atom is -0.464 e. The van der Waals surface area contributed by atoms with Crippen LogP contribution in [-0.2, 0) is 14.3 Å². The van der Waals surface area contributed by atoms with Crippen LogP contribution >= 0.6 is 0 Å². The summed E-state index contributed by atoms with van der Waals surface area (Å²) in [4.78, 5) is 26.4. The maximum atomic E-state index is 12.9. The standard InChI is InChI=1S/C20H29N3O4/c1-8-15-14(3)22(19(25)27-20(4,5)6)16-11-9-10-12-17(16)23(15)21-13(2)18(24)26-7/h9-12,14-15H,8H2,1-7H3/b21-13+. The Hall–Kier alpha value is -2.57. The lowest BCUT2D eigenvalue weighted by atomic mass is 9.99. The Labute approximate surface area is 160 Å². The average Bonchev–Trinajstić information content (AvgIpc) is 2.59. The molecule has 0 N–H and O–H groups in total. The second-order valence-corrected chi connectivity index (χ2v) is 7.58. The fraction of sp³-hybridized carbons (Fsp3) is 0.550. The quantitative estimate of drug-likeness (QED) is 0.591. The predicted molar refractivity (Wildman–Crippen MR) is 106 cm³/mol. The Morgan fingerprint density at radius 2 is 1.78 bits per heavy atom. The molecule has 148 valence electrons. The van der Waals surface area contributed by atoms with E-state index in [0.29, 0.717) is 5.69 Å². The number of anilines is 2. The molecule has 0 radical (unpaired) electrons. The van der Waals surface area contributed by atoms with E-state index in [2.05, 4.69) is 5.10 Å². The summed E-state index contributed by atoms with van der Waals surface area (Å²) >= 11 is 0. The maximum Gasteiger partial charge on any atom is 0.415 e. The lowest BCUT2D eigenvalue weighted by Crippen LogP contribution is -2.56. The highest BCUT2D eigenvalue weighted by atomic mass is 16.6. The zero-order valence-corrected chi connectivity index (χ0v) is 17.1. The third-order valence-corrected chi connectivity index (χ3v) is 4.41. The highest BCUT2D eigenvalue weighted by Crippen LogP contribution is 2.40. The van der Waals surface area contributed by atoms with Crippen molar-refractivity contribution in [3.63, 3.8) is 0 Å². The molecule has 2 rings (SSSR count). The molecule has 0 saturated carbocycles. The van der Waals surface area contributed by atoms with E-state index < -0.39 is 17.7 Å². The first kappa shape index (κ1) is 20.7. The minimum atomic E-state index is -0.593. The molecule has 0 saturated heterocycles. The van der Waals surface area contributed by atoms with Gasteiger partial charge in [-0.1, -0.05) is 19.1 Å². The van der Waals surface area contributed by atoms with Crippen molar-refractivity contribution in [3.05, 3.63) is 24.3 Å². The molecule has 2 atom stereocenters. The Morgan fingerprint density at radius 1 is 1.19 bits per heavy atom. The Balaban J connectivity index is 2.54. The fourth-order valence-corrected chi connectivity index (χ4v) is 3.20. The number of hydrogen-bond acceptors (Lipinski definition) is 6. The van der Waals surface area contributed by atoms with Crippen LogP contribution in [0.1, 0.15) is 48.0 Å². The summed E-state index contributed by atoms with van der Waals surface area (Å²) in [5, 5.41) is 6.33. The monoisotopic (exact) mass is 375 g/mol. The molecule has 1 aliphatic heterocycles. The van der Waals surface area contributed by atoms with Crippen LogP contribution in [0.25, 0.3) is 0 Å². The van der Waals surface area contributed by atoms with Gasteiger partial charge in [0.2, 0.25) is 0 Å². The molecule has 1 amide bonds. The van der Waals surface area contributed by atoms with Gasteiger partial charge >= 0.3 is 12.1 Å². The number of amides is 1. The first-order valence-corrected chi connectivity index (χ1v) is 9.14. The van der Waals surface area contributed by atoms with Crippen LogP contribution in [0.4, 0.5) is 16.2 Å². The largest absolute Gasteiger partial charge is 0.464 e. The van der Waals surface area contributed by atoms with Crippen LogP contribution in [0.2, 0.25) is 0 Å². The molecule has 0 aromatic heterocycles. The third kappa shape index (κ3) is 4.40. The SMILES string of the molecule is CCC1C(C)N(C(=O)OC(C)(C)C)c2ccccc2N1/N=C(\C)C(=O)OC. The van der Waals surface area contributed by atoms with Gasteiger partial charge in [-0.2, -0.15) is 5.10 Å². The summed E-state index contributed by atoms with van der Waals surface area (Å²) in [6, 6.07) is 7.17. The average molecular weight is 375 g/mol. The Bertz CT molecular complexity index is 739. The van der Waals surface area contributed by atoms with Crippen molar-refractivity contribution in [1.29, 1.82) is 0 Å². The van der Waals surface area contributed by atoms with Gasteiger partial charge in [0.15, 0.2) is 0 Å². The summed E-state index contributed by atoms with van der Waals surface area (Å²) in [5.74, 6) is -0.482. The zero-order valence-electron chi connectivity index (χ0n) is 17.1. The number of ether oxygens (including phenoxy) is 2. The molecule has 1 aliphatic rings.